The lowest BCUT2D eigenvalue weighted by atomic mass is 10.1. The molecule has 1 aromatic heterocycles. The maximum atomic E-state index is 12.6. The molecule has 8 nitrogen and oxygen atoms in total. The monoisotopic (exact) mass is 416 g/mol. The minimum atomic E-state index is -0.693. The maximum Gasteiger partial charge on any atom is 0.244 e. The van der Waals surface area contributed by atoms with Crippen LogP contribution in [-0.4, -0.2) is 58.4 Å². The molecule has 0 spiro atoms. The van der Waals surface area contributed by atoms with E-state index in [2.05, 4.69) is 20.2 Å². The summed E-state index contributed by atoms with van der Waals surface area (Å²) in [4.78, 5) is 37.1. The molecular weight excluding hydrogens is 392 g/mol. The van der Waals surface area contributed by atoms with E-state index in [9.17, 15) is 9.59 Å². The summed E-state index contributed by atoms with van der Waals surface area (Å²) in [5.41, 5.74) is 6.82. The molecule has 29 heavy (non-hydrogen) atoms. The van der Waals surface area contributed by atoms with Crippen LogP contribution in [0, 0.1) is 0 Å². The third kappa shape index (κ3) is 5.02. The van der Waals surface area contributed by atoms with Gasteiger partial charge in [0, 0.05) is 44.3 Å². The van der Waals surface area contributed by atoms with Gasteiger partial charge in [-0.3, -0.25) is 9.59 Å². The van der Waals surface area contributed by atoms with E-state index in [0.29, 0.717) is 31.1 Å². The third-order valence-electron chi connectivity index (χ3n) is 5.28. The Morgan fingerprint density at radius 3 is 2.24 bits per heavy atom. The number of aromatic nitrogens is 2. The molecule has 2 heterocycles. The normalized spacial score (nSPS) is 17.3. The summed E-state index contributed by atoms with van der Waals surface area (Å²) in [7, 11) is 0. The van der Waals surface area contributed by atoms with E-state index in [-0.39, 0.29) is 24.2 Å². The van der Waals surface area contributed by atoms with Crippen LogP contribution in [0.5, 0.6) is 0 Å². The Morgan fingerprint density at radius 1 is 1.03 bits per heavy atom. The molecule has 0 atom stereocenters. The van der Waals surface area contributed by atoms with Crippen molar-refractivity contribution in [1.29, 1.82) is 0 Å². The molecule has 0 radical (unpaired) electrons. The molecule has 2 amide bonds. The van der Waals surface area contributed by atoms with Crippen LogP contribution >= 0.6 is 12.4 Å². The van der Waals surface area contributed by atoms with Gasteiger partial charge >= 0.3 is 0 Å². The number of nitrogens with two attached hydrogens (primary N) is 1. The summed E-state index contributed by atoms with van der Waals surface area (Å²) in [5, 5.41) is 2.83. The standard InChI is InChI=1S/C20H24N6O2.ClH/c21-20(6-7-20)18(28)24-16-4-2-15(3-5-16)14-17(27)25-10-12-26(13-11-25)19-22-8-1-9-23-19;/h1-5,8-9H,6-7,10-14,21H2,(H,24,28);1H. The Balaban J connectivity index is 0.00000240. The molecule has 1 aliphatic heterocycles. The lowest BCUT2D eigenvalue weighted by molar-refractivity contribution is -0.130. The van der Waals surface area contributed by atoms with Crippen LogP contribution in [0.25, 0.3) is 0 Å². The number of hydrogen-bond acceptors (Lipinski definition) is 6. The molecule has 2 aliphatic rings. The fourth-order valence-electron chi connectivity index (χ4n) is 3.22. The van der Waals surface area contributed by atoms with E-state index in [0.717, 1.165) is 31.5 Å². The molecule has 2 aromatic rings. The molecule has 3 N–H and O–H groups in total. The van der Waals surface area contributed by atoms with Crippen molar-refractivity contribution in [2.45, 2.75) is 24.8 Å². The first kappa shape index (κ1) is 21.0. The highest BCUT2D eigenvalue weighted by Crippen LogP contribution is 2.33. The van der Waals surface area contributed by atoms with Gasteiger partial charge in [-0.05, 0) is 36.6 Å². The molecule has 1 aliphatic carbocycles. The van der Waals surface area contributed by atoms with E-state index in [1.807, 2.05) is 29.2 Å². The minimum absolute atomic E-state index is 0. The van der Waals surface area contributed by atoms with Crippen LogP contribution in [0.2, 0.25) is 0 Å². The van der Waals surface area contributed by atoms with Gasteiger partial charge < -0.3 is 20.9 Å². The average molecular weight is 417 g/mol. The summed E-state index contributed by atoms with van der Waals surface area (Å²) in [6, 6.07) is 9.17. The van der Waals surface area contributed by atoms with Crippen molar-refractivity contribution in [3.63, 3.8) is 0 Å². The van der Waals surface area contributed by atoms with Crippen molar-refractivity contribution in [2.24, 2.45) is 5.73 Å². The first-order valence-corrected chi connectivity index (χ1v) is 9.52. The Kier molecular flexibility index (Phi) is 6.34. The van der Waals surface area contributed by atoms with E-state index in [1.165, 1.54) is 0 Å². The highest BCUT2D eigenvalue weighted by atomic mass is 35.5. The number of amides is 2. The van der Waals surface area contributed by atoms with Gasteiger partial charge in [0.1, 0.15) is 0 Å². The fourth-order valence-corrected chi connectivity index (χ4v) is 3.22. The van der Waals surface area contributed by atoms with Crippen molar-refractivity contribution < 1.29 is 9.59 Å². The van der Waals surface area contributed by atoms with Crippen molar-refractivity contribution in [1.82, 2.24) is 14.9 Å². The molecule has 9 heteroatoms. The van der Waals surface area contributed by atoms with Gasteiger partial charge in [-0.25, -0.2) is 9.97 Å². The third-order valence-corrected chi connectivity index (χ3v) is 5.28. The zero-order valence-electron chi connectivity index (χ0n) is 16.1. The number of carbonyl (C=O) groups excluding carboxylic acids is 2. The van der Waals surface area contributed by atoms with Crippen LogP contribution in [0.15, 0.2) is 42.7 Å². The predicted molar refractivity (Wildman–Crippen MR) is 113 cm³/mol. The number of nitrogens with zero attached hydrogens (tertiary/aromatic N) is 4. The highest BCUT2D eigenvalue weighted by Gasteiger charge is 2.45. The van der Waals surface area contributed by atoms with E-state index >= 15 is 0 Å². The molecule has 4 rings (SSSR count). The van der Waals surface area contributed by atoms with Gasteiger partial charge in [0.25, 0.3) is 0 Å². The Morgan fingerprint density at radius 2 is 1.66 bits per heavy atom. The molecule has 1 saturated carbocycles. The van der Waals surface area contributed by atoms with Gasteiger partial charge in [-0.1, -0.05) is 12.1 Å². The van der Waals surface area contributed by atoms with Gasteiger partial charge in [0.2, 0.25) is 17.8 Å². The smallest absolute Gasteiger partial charge is 0.244 e. The molecule has 1 saturated heterocycles. The van der Waals surface area contributed by atoms with Crippen LogP contribution in [-0.2, 0) is 16.0 Å². The number of hydrogen-bond donors (Lipinski definition) is 2. The number of halogens is 1. The van der Waals surface area contributed by atoms with Crippen molar-refractivity contribution in [2.75, 3.05) is 36.4 Å². The molecular formula is C20H25ClN6O2. The van der Waals surface area contributed by atoms with Crippen LogP contribution < -0.4 is 16.0 Å². The zero-order chi connectivity index (χ0) is 19.6. The van der Waals surface area contributed by atoms with Gasteiger partial charge in [0.05, 0.1) is 12.0 Å². The molecule has 1 aromatic carbocycles. The van der Waals surface area contributed by atoms with Crippen LogP contribution in [0.3, 0.4) is 0 Å². The second-order valence-electron chi connectivity index (χ2n) is 7.40. The largest absolute Gasteiger partial charge is 0.339 e. The van der Waals surface area contributed by atoms with E-state index in [1.54, 1.807) is 18.5 Å². The number of benzene rings is 1. The quantitative estimate of drug-likeness (QED) is 0.759. The highest BCUT2D eigenvalue weighted by molar-refractivity contribution is 6.00. The van der Waals surface area contributed by atoms with E-state index in [4.69, 9.17) is 5.73 Å². The first-order valence-electron chi connectivity index (χ1n) is 9.52. The Bertz CT molecular complexity index is 849. The number of rotatable bonds is 5. The number of anilines is 2. The predicted octanol–water partition coefficient (Wildman–Crippen LogP) is 1.22. The summed E-state index contributed by atoms with van der Waals surface area (Å²) >= 11 is 0. The van der Waals surface area contributed by atoms with E-state index < -0.39 is 5.54 Å². The second-order valence-corrected chi connectivity index (χ2v) is 7.40. The van der Waals surface area contributed by atoms with Gasteiger partial charge in [-0.15, -0.1) is 12.4 Å². The SMILES string of the molecule is Cl.NC1(C(=O)Nc2ccc(CC(=O)N3CCN(c4ncccn4)CC3)cc2)CC1. The Labute approximate surface area is 175 Å². The first-order chi connectivity index (χ1) is 13.5. The number of nitrogens with one attached hydrogen (secondary N) is 1. The minimum Gasteiger partial charge on any atom is -0.339 e. The topological polar surface area (TPSA) is 104 Å². The summed E-state index contributed by atoms with van der Waals surface area (Å²) in [5.74, 6) is 0.665. The van der Waals surface area contributed by atoms with Crippen molar-refractivity contribution in [3.05, 3.63) is 48.3 Å². The van der Waals surface area contributed by atoms with Crippen molar-refractivity contribution in [3.8, 4) is 0 Å². The zero-order valence-corrected chi connectivity index (χ0v) is 16.9. The van der Waals surface area contributed by atoms with Crippen LogP contribution in [0.4, 0.5) is 11.6 Å². The second kappa shape index (κ2) is 8.75. The van der Waals surface area contributed by atoms with Crippen molar-refractivity contribution >= 4 is 35.9 Å². The summed E-state index contributed by atoms with van der Waals surface area (Å²) in [6.45, 7) is 2.76. The Hall–Kier alpha value is -2.71. The molecule has 0 unspecified atom stereocenters. The van der Waals surface area contributed by atoms with Crippen LogP contribution in [0.1, 0.15) is 18.4 Å². The lowest BCUT2D eigenvalue weighted by Crippen LogP contribution is -2.49. The molecule has 0 bridgehead atoms. The van der Waals surface area contributed by atoms with Gasteiger partial charge in [0.15, 0.2) is 0 Å². The fraction of sp³-hybridized carbons (Fsp3) is 0.400. The number of carbonyl (C=O) groups is 2. The van der Waals surface area contributed by atoms with Gasteiger partial charge in [-0.2, -0.15) is 0 Å². The number of piperazine rings is 1. The molecule has 154 valence electrons. The summed E-state index contributed by atoms with van der Waals surface area (Å²) < 4.78 is 0. The summed E-state index contributed by atoms with van der Waals surface area (Å²) in [6.07, 6.45) is 5.26. The maximum absolute atomic E-state index is 12.6. The molecule has 2 fully saturated rings. The lowest BCUT2D eigenvalue weighted by Gasteiger charge is -2.34. The average Bonchev–Trinajstić information content (AvgIpc) is 3.49.